The summed E-state index contributed by atoms with van der Waals surface area (Å²) in [6.07, 6.45) is -3.58. The predicted molar refractivity (Wildman–Crippen MR) is 152 cm³/mol. The minimum atomic E-state index is -4.74. The van der Waals surface area contributed by atoms with E-state index in [9.17, 15) is 23.1 Å². The molecule has 0 radical (unpaired) electrons. The van der Waals surface area contributed by atoms with E-state index in [1.54, 1.807) is 40.5 Å². The molecule has 0 saturated heterocycles. The second kappa shape index (κ2) is 12.2. The van der Waals surface area contributed by atoms with Crippen molar-refractivity contribution < 1.29 is 27.8 Å². The lowest BCUT2D eigenvalue weighted by atomic mass is 10.0. The van der Waals surface area contributed by atoms with E-state index in [1.807, 2.05) is 44.9 Å². The highest BCUT2D eigenvalue weighted by Gasteiger charge is 2.39. The van der Waals surface area contributed by atoms with Crippen LogP contribution in [-0.4, -0.2) is 75.3 Å². The number of aliphatic hydroxyl groups excluding tert-OH is 1. The zero-order valence-corrected chi connectivity index (χ0v) is 24.7. The van der Waals surface area contributed by atoms with Gasteiger partial charge in [0.25, 0.3) is 5.91 Å². The first-order chi connectivity index (χ1) is 19.4. The van der Waals surface area contributed by atoms with Gasteiger partial charge in [0, 0.05) is 40.0 Å². The largest absolute Gasteiger partial charge is 0.497 e. The molecule has 4 aromatic rings. The zero-order valence-electron chi connectivity index (χ0n) is 23.9. The number of amides is 1. The SMILES string of the molecule is COc1ccc(-c2nc3c(C(=O)N(CCN(C)[C@H](CO)c4ccc(C)s4)C(C)C)cnn3c(C(F)(F)F)c2C)cc1. The van der Waals surface area contributed by atoms with Crippen molar-refractivity contribution in [3.05, 3.63) is 69.2 Å². The zero-order chi connectivity index (χ0) is 30.1. The Balaban J connectivity index is 1.71. The Labute approximate surface area is 241 Å². The molecule has 1 aromatic carbocycles. The minimum absolute atomic E-state index is 0.0193. The van der Waals surface area contributed by atoms with Crippen LogP contribution in [0.3, 0.4) is 0 Å². The maximum Gasteiger partial charge on any atom is 0.433 e. The third kappa shape index (κ3) is 6.24. The summed E-state index contributed by atoms with van der Waals surface area (Å²) in [5, 5.41) is 14.0. The van der Waals surface area contributed by atoms with Crippen molar-refractivity contribution in [3.8, 4) is 17.0 Å². The van der Waals surface area contributed by atoms with Gasteiger partial charge >= 0.3 is 6.18 Å². The predicted octanol–water partition coefficient (Wildman–Crippen LogP) is 5.62. The first-order valence-electron chi connectivity index (χ1n) is 13.2. The number of rotatable bonds is 10. The number of thiophene rings is 1. The summed E-state index contributed by atoms with van der Waals surface area (Å²) in [6.45, 7) is 7.67. The molecule has 1 amide bonds. The molecule has 8 nitrogen and oxygen atoms in total. The van der Waals surface area contributed by atoms with Crippen LogP contribution in [0.1, 0.15) is 51.3 Å². The lowest BCUT2D eigenvalue weighted by molar-refractivity contribution is -0.143. The fraction of sp³-hybridized carbons (Fsp3) is 0.414. The number of likely N-dealkylation sites (N-methyl/N-ethyl adjacent to an activating group) is 1. The number of nitrogens with zero attached hydrogens (tertiary/aromatic N) is 5. The van der Waals surface area contributed by atoms with Gasteiger partial charge in [-0.1, -0.05) is 0 Å². The van der Waals surface area contributed by atoms with Crippen LogP contribution in [0.4, 0.5) is 13.2 Å². The highest BCUT2D eigenvalue weighted by Crippen LogP contribution is 2.37. The van der Waals surface area contributed by atoms with E-state index in [0.29, 0.717) is 22.4 Å². The normalized spacial score (nSPS) is 12.9. The van der Waals surface area contributed by atoms with Gasteiger partial charge < -0.3 is 14.7 Å². The molecule has 3 heterocycles. The maximum atomic E-state index is 14.3. The van der Waals surface area contributed by atoms with Gasteiger partial charge in [-0.05, 0) is 71.1 Å². The molecule has 12 heteroatoms. The van der Waals surface area contributed by atoms with E-state index in [1.165, 1.54) is 14.0 Å². The van der Waals surface area contributed by atoms with Gasteiger partial charge in [0.05, 0.1) is 31.6 Å². The maximum absolute atomic E-state index is 14.3. The Morgan fingerprint density at radius 1 is 1.12 bits per heavy atom. The fourth-order valence-electron chi connectivity index (χ4n) is 4.84. The van der Waals surface area contributed by atoms with Crippen molar-refractivity contribution in [2.75, 3.05) is 33.9 Å². The smallest absolute Gasteiger partial charge is 0.433 e. The van der Waals surface area contributed by atoms with E-state index in [2.05, 4.69) is 10.1 Å². The molecular weight excluding hydrogens is 555 g/mol. The Kier molecular flexibility index (Phi) is 9.05. The van der Waals surface area contributed by atoms with Crippen LogP contribution >= 0.6 is 11.3 Å². The van der Waals surface area contributed by atoms with Crippen LogP contribution in [-0.2, 0) is 6.18 Å². The van der Waals surface area contributed by atoms with Gasteiger partial charge in [-0.15, -0.1) is 11.3 Å². The third-order valence-corrected chi connectivity index (χ3v) is 8.22. The third-order valence-electron chi connectivity index (χ3n) is 7.12. The standard InChI is InChI=1S/C29H34F3N5O3S/c1-17(2)36(14-13-35(5)23(16-38)24-12-7-18(3)41-24)28(39)22-15-33-37-26(29(30,31)32)19(4)25(34-27(22)37)20-8-10-21(40-6)11-9-20/h7-12,15,17,23,38H,13-14,16H2,1-6H3/t23-/m1/s1. The second-order valence-electron chi connectivity index (χ2n) is 10.2. The van der Waals surface area contributed by atoms with Crippen LogP contribution in [0.2, 0.25) is 0 Å². The van der Waals surface area contributed by atoms with Gasteiger partial charge in [-0.25, -0.2) is 9.50 Å². The van der Waals surface area contributed by atoms with E-state index < -0.39 is 17.8 Å². The van der Waals surface area contributed by atoms with Crippen LogP contribution in [0.5, 0.6) is 5.75 Å². The minimum Gasteiger partial charge on any atom is -0.497 e. The summed E-state index contributed by atoms with van der Waals surface area (Å²) >= 11 is 1.60. The Bertz CT molecular complexity index is 1510. The molecule has 0 aliphatic rings. The van der Waals surface area contributed by atoms with Crippen LogP contribution in [0, 0.1) is 13.8 Å². The molecule has 0 unspecified atom stereocenters. The Morgan fingerprint density at radius 3 is 2.34 bits per heavy atom. The monoisotopic (exact) mass is 589 g/mol. The van der Waals surface area contributed by atoms with E-state index in [0.717, 1.165) is 16.0 Å². The second-order valence-corrected chi connectivity index (χ2v) is 11.5. The van der Waals surface area contributed by atoms with Crippen molar-refractivity contribution >= 4 is 22.9 Å². The number of ether oxygens (including phenoxy) is 1. The molecule has 3 aromatic heterocycles. The van der Waals surface area contributed by atoms with Crippen LogP contribution in [0.25, 0.3) is 16.9 Å². The summed E-state index contributed by atoms with van der Waals surface area (Å²) in [4.78, 5) is 24.1. The Morgan fingerprint density at radius 2 is 1.80 bits per heavy atom. The first kappa shape index (κ1) is 30.5. The molecule has 1 N–H and O–H groups in total. The summed E-state index contributed by atoms with van der Waals surface area (Å²) in [7, 11) is 3.37. The van der Waals surface area contributed by atoms with Gasteiger partial charge in [0.15, 0.2) is 11.3 Å². The van der Waals surface area contributed by atoms with Gasteiger partial charge in [-0.2, -0.15) is 18.3 Å². The lowest BCUT2D eigenvalue weighted by Crippen LogP contribution is -2.42. The van der Waals surface area contributed by atoms with Gasteiger partial charge in [-0.3, -0.25) is 9.69 Å². The number of aliphatic hydroxyl groups is 1. The number of halogens is 3. The van der Waals surface area contributed by atoms with Crippen LogP contribution in [0.15, 0.2) is 42.6 Å². The van der Waals surface area contributed by atoms with E-state index in [-0.39, 0.29) is 47.7 Å². The van der Waals surface area contributed by atoms with Gasteiger partial charge in [0.2, 0.25) is 0 Å². The molecule has 0 fully saturated rings. The molecule has 220 valence electrons. The van der Waals surface area contributed by atoms with E-state index in [4.69, 9.17) is 4.74 Å². The summed E-state index contributed by atoms with van der Waals surface area (Å²) < 4.78 is 48.9. The average molecular weight is 590 g/mol. The average Bonchev–Trinajstić information content (AvgIpc) is 3.53. The number of aryl methyl sites for hydroxylation is 1. The molecule has 0 saturated carbocycles. The summed E-state index contributed by atoms with van der Waals surface area (Å²) in [5.74, 6) is 0.0833. The number of carbonyl (C=O) groups is 1. The molecule has 1 atom stereocenters. The van der Waals surface area contributed by atoms with E-state index >= 15 is 0 Å². The highest BCUT2D eigenvalue weighted by molar-refractivity contribution is 7.12. The van der Waals surface area contributed by atoms with Crippen molar-refractivity contribution in [1.82, 2.24) is 24.4 Å². The first-order valence-corrected chi connectivity index (χ1v) is 14.0. The topological polar surface area (TPSA) is 83.2 Å². The Hall–Kier alpha value is -3.48. The van der Waals surface area contributed by atoms with Crippen molar-refractivity contribution in [3.63, 3.8) is 0 Å². The molecule has 4 rings (SSSR count). The van der Waals surface area contributed by atoms with Crippen molar-refractivity contribution in [2.24, 2.45) is 0 Å². The quantitative estimate of drug-likeness (QED) is 0.259. The molecule has 41 heavy (non-hydrogen) atoms. The number of methoxy groups -OCH3 is 1. The van der Waals surface area contributed by atoms with Crippen molar-refractivity contribution in [1.29, 1.82) is 0 Å². The lowest BCUT2D eigenvalue weighted by Gasteiger charge is -2.31. The highest BCUT2D eigenvalue weighted by atomic mass is 32.1. The summed E-state index contributed by atoms with van der Waals surface area (Å²) in [6, 6.07) is 10.0. The molecule has 0 bridgehead atoms. The number of alkyl halides is 3. The number of benzene rings is 1. The fourth-order valence-corrected chi connectivity index (χ4v) is 5.87. The van der Waals surface area contributed by atoms with Crippen molar-refractivity contribution in [2.45, 2.75) is 46.0 Å². The summed E-state index contributed by atoms with van der Waals surface area (Å²) in [5.41, 5.74) is -0.708. The number of hydrogen-bond acceptors (Lipinski definition) is 7. The van der Waals surface area contributed by atoms with Crippen LogP contribution < -0.4 is 4.74 Å². The number of aromatic nitrogens is 3. The number of carbonyl (C=O) groups excluding carboxylic acids is 1. The molecule has 0 spiro atoms. The molecule has 0 aliphatic heterocycles. The van der Waals surface area contributed by atoms with Gasteiger partial charge in [0.1, 0.15) is 11.3 Å². The molecular formula is C29H34F3N5O3S. The number of fused-ring (bicyclic) bond motifs is 1. The number of hydrogen-bond donors (Lipinski definition) is 1. The molecule has 0 aliphatic carbocycles.